The number of nitrogens with zero attached hydrogens (tertiary/aromatic N) is 4. The van der Waals surface area contributed by atoms with Crippen LogP contribution in [0.2, 0.25) is 0 Å². The maximum atomic E-state index is 13.7. The van der Waals surface area contributed by atoms with E-state index in [2.05, 4.69) is 4.90 Å². The molecule has 8 heteroatoms. The maximum absolute atomic E-state index is 13.7. The number of para-hydroxylation sites is 1. The van der Waals surface area contributed by atoms with Crippen LogP contribution in [0, 0.1) is 0 Å². The largest absolute Gasteiger partial charge is 0.496 e. The lowest BCUT2D eigenvalue weighted by atomic mass is 9.92. The first-order valence-electron chi connectivity index (χ1n) is 11.6. The number of allylic oxidation sites excluding steroid dienone is 1. The van der Waals surface area contributed by atoms with Gasteiger partial charge in [0.25, 0.3) is 5.91 Å². The summed E-state index contributed by atoms with van der Waals surface area (Å²) in [4.78, 5) is 37.4. The van der Waals surface area contributed by atoms with Crippen LogP contribution in [-0.2, 0) is 9.59 Å². The first-order chi connectivity index (χ1) is 16.0. The molecule has 176 valence electrons. The van der Waals surface area contributed by atoms with Crippen molar-refractivity contribution >= 4 is 28.7 Å². The number of carbonyl (C=O) groups is 2. The van der Waals surface area contributed by atoms with E-state index in [1.165, 1.54) is 11.8 Å². The molecule has 1 aromatic carbocycles. The van der Waals surface area contributed by atoms with Crippen molar-refractivity contribution < 1.29 is 14.3 Å². The topological polar surface area (TPSA) is 65.5 Å². The molecule has 0 spiro atoms. The number of methoxy groups -OCH3 is 1. The molecule has 0 saturated carbocycles. The Hall–Kier alpha value is -2.74. The van der Waals surface area contributed by atoms with E-state index >= 15 is 0 Å². The number of amidine groups is 1. The van der Waals surface area contributed by atoms with E-state index in [4.69, 9.17) is 9.73 Å². The second-order valence-corrected chi connectivity index (χ2v) is 9.21. The van der Waals surface area contributed by atoms with Gasteiger partial charge in [0, 0.05) is 37.4 Å². The van der Waals surface area contributed by atoms with Gasteiger partial charge in [-0.15, -0.1) is 0 Å². The molecular weight excluding hydrogens is 436 g/mol. The van der Waals surface area contributed by atoms with Crippen LogP contribution in [0.3, 0.4) is 0 Å². The van der Waals surface area contributed by atoms with Crippen LogP contribution in [0.15, 0.2) is 51.6 Å². The first-order valence-corrected chi connectivity index (χ1v) is 12.5. The van der Waals surface area contributed by atoms with Gasteiger partial charge < -0.3 is 19.4 Å². The standard InChI is InChI=1S/C25H32N4O3S/c1-5-27(6-2)24(31)22-17(3)26-25-29(23(22)19-11-7-8-12-20(19)32-4)18(16-33-25)15-21(30)28-13-9-10-14-28/h7-8,11-12,16,23H,5-6,9-10,13-15H2,1-4H3. The highest BCUT2D eigenvalue weighted by Crippen LogP contribution is 2.47. The van der Waals surface area contributed by atoms with Crippen molar-refractivity contribution in [3.63, 3.8) is 0 Å². The predicted molar refractivity (Wildman–Crippen MR) is 132 cm³/mol. The monoisotopic (exact) mass is 468 g/mol. The smallest absolute Gasteiger partial charge is 0.254 e. The number of fused-ring (bicyclic) bond motifs is 1. The van der Waals surface area contributed by atoms with E-state index < -0.39 is 6.04 Å². The lowest BCUT2D eigenvalue weighted by Crippen LogP contribution is -2.42. The van der Waals surface area contributed by atoms with Crippen LogP contribution in [-0.4, -0.2) is 65.0 Å². The van der Waals surface area contributed by atoms with Crippen LogP contribution in [0.1, 0.15) is 51.6 Å². The Morgan fingerprint density at radius 2 is 1.88 bits per heavy atom. The highest BCUT2D eigenvalue weighted by atomic mass is 32.2. The second kappa shape index (κ2) is 10.0. The van der Waals surface area contributed by atoms with Crippen LogP contribution >= 0.6 is 11.8 Å². The van der Waals surface area contributed by atoms with Gasteiger partial charge in [0.2, 0.25) is 5.91 Å². The fourth-order valence-electron chi connectivity index (χ4n) is 4.74. The van der Waals surface area contributed by atoms with Gasteiger partial charge in [-0.05, 0) is 45.1 Å². The van der Waals surface area contributed by atoms with E-state index in [0.717, 1.165) is 42.4 Å². The molecule has 3 aliphatic heterocycles. The Kier molecular flexibility index (Phi) is 7.12. The van der Waals surface area contributed by atoms with Gasteiger partial charge in [0.05, 0.1) is 30.8 Å². The van der Waals surface area contributed by atoms with Gasteiger partial charge in [-0.1, -0.05) is 30.0 Å². The van der Waals surface area contributed by atoms with Crippen molar-refractivity contribution in [1.82, 2.24) is 14.7 Å². The molecule has 33 heavy (non-hydrogen) atoms. The molecule has 1 unspecified atom stereocenters. The first kappa shape index (κ1) is 23.4. The second-order valence-electron chi connectivity index (χ2n) is 8.38. The summed E-state index contributed by atoms with van der Waals surface area (Å²) in [7, 11) is 1.64. The number of carbonyl (C=O) groups excluding carboxylic acids is 2. The molecule has 3 aliphatic rings. The van der Waals surface area contributed by atoms with E-state index in [1.807, 2.05) is 60.2 Å². The highest BCUT2D eigenvalue weighted by molar-refractivity contribution is 8.16. The number of ether oxygens (including phenoxy) is 1. The number of hydrogen-bond acceptors (Lipinski definition) is 6. The third-order valence-electron chi connectivity index (χ3n) is 6.51. The Labute approximate surface area is 200 Å². The molecular formula is C25H32N4O3S. The SMILES string of the molecule is CCN(CC)C(=O)C1=C(C)N=C2SC=C(CC(=O)N3CCCC3)N2C1c1ccccc1OC. The molecule has 2 amide bonds. The zero-order valence-corrected chi connectivity index (χ0v) is 20.7. The number of aliphatic imine (C=N–C) groups is 1. The summed E-state index contributed by atoms with van der Waals surface area (Å²) >= 11 is 1.51. The van der Waals surface area contributed by atoms with Crippen molar-refractivity contribution in [2.45, 2.75) is 46.1 Å². The molecule has 1 saturated heterocycles. The minimum Gasteiger partial charge on any atom is -0.496 e. The summed E-state index contributed by atoms with van der Waals surface area (Å²) in [5.74, 6) is 0.809. The summed E-state index contributed by atoms with van der Waals surface area (Å²) in [6.07, 6.45) is 2.41. The molecule has 0 aliphatic carbocycles. The summed E-state index contributed by atoms with van der Waals surface area (Å²) in [6.45, 7) is 8.74. The van der Waals surface area contributed by atoms with E-state index in [1.54, 1.807) is 7.11 Å². The number of hydrogen-bond donors (Lipinski definition) is 0. The Morgan fingerprint density at radius 1 is 1.18 bits per heavy atom. The molecule has 0 bridgehead atoms. The van der Waals surface area contributed by atoms with Gasteiger partial charge in [-0.2, -0.15) is 0 Å². The van der Waals surface area contributed by atoms with Gasteiger partial charge in [-0.3, -0.25) is 9.59 Å². The Balaban J connectivity index is 1.78. The lowest BCUT2D eigenvalue weighted by molar-refractivity contribution is -0.129. The summed E-state index contributed by atoms with van der Waals surface area (Å²) in [6, 6.07) is 7.39. The number of benzene rings is 1. The molecule has 0 radical (unpaired) electrons. The minimum absolute atomic E-state index is 0.0293. The maximum Gasteiger partial charge on any atom is 0.254 e. The van der Waals surface area contributed by atoms with Crippen LogP contribution in [0.4, 0.5) is 0 Å². The van der Waals surface area contributed by atoms with Crippen LogP contribution < -0.4 is 4.74 Å². The highest BCUT2D eigenvalue weighted by Gasteiger charge is 2.42. The number of thioether (sulfide) groups is 1. The predicted octanol–water partition coefficient (Wildman–Crippen LogP) is 4.15. The molecule has 7 nitrogen and oxygen atoms in total. The Bertz CT molecular complexity index is 1020. The molecule has 1 aromatic rings. The van der Waals surface area contributed by atoms with Gasteiger partial charge in [0.15, 0.2) is 5.17 Å². The third kappa shape index (κ3) is 4.40. The van der Waals surface area contributed by atoms with Crippen molar-refractivity contribution in [3.8, 4) is 5.75 Å². The number of amides is 2. The molecule has 4 rings (SSSR count). The van der Waals surface area contributed by atoms with Crippen molar-refractivity contribution in [1.29, 1.82) is 0 Å². The minimum atomic E-state index is -0.408. The van der Waals surface area contributed by atoms with Crippen molar-refractivity contribution in [2.24, 2.45) is 4.99 Å². The summed E-state index contributed by atoms with van der Waals surface area (Å²) < 4.78 is 5.71. The van der Waals surface area contributed by atoms with Crippen molar-refractivity contribution in [2.75, 3.05) is 33.3 Å². The summed E-state index contributed by atoms with van der Waals surface area (Å²) in [5, 5.41) is 2.80. The van der Waals surface area contributed by atoms with E-state index in [0.29, 0.717) is 36.5 Å². The average Bonchev–Trinajstić information content (AvgIpc) is 3.49. The van der Waals surface area contributed by atoms with Gasteiger partial charge in [0.1, 0.15) is 5.75 Å². The van der Waals surface area contributed by atoms with E-state index in [-0.39, 0.29) is 11.8 Å². The quantitative estimate of drug-likeness (QED) is 0.602. The number of likely N-dealkylation sites (N-methyl/N-ethyl adjacent to an activating group) is 1. The zero-order valence-electron chi connectivity index (χ0n) is 19.8. The average molecular weight is 469 g/mol. The van der Waals surface area contributed by atoms with Gasteiger partial charge >= 0.3 is 0 Å². The summed E-state index contributed by atoms with van der Waals surface area (Å²) in [5.41, 5.74) is 3.12. The number of likely N-dealkylation sites (tertiary alicyclic amines) is 1. The molecule has 1 fully saturated rings. The lowest BCUT2D eigenvalue weighted by Gasteiger charge is -2.38. The normalized spacial score (nSPS) is 19.9. The molecule has 0 aromatic heterocycles. The Morgan fingerprint density at radius 3 is 2.55 bits per heavy atom. The van der Waals surface area contributed by atoms with E-state index in [9.17, 15) is 9.59 Å². The molecule has 3 heterocycles. The zero-order chi connectivity index (χ0) is 23.5. The molecule has 1 atom stereocenters. The fourth-order valence-corrected chi connectivity index (χ4v) is 5.71. The number of rotatable bonds is 7. The molecule has 0 N–H and O–H groups in total. The fraction of sp³-hybridized carbons (Fsp3) is 0.480. The third-order valence-corrected chi connectivity index (χ3v) is 7.40. The van der Waals surface area contributed by atoms with Crippen LogP contribution in [0.25, 0.3) is 0 Å². The van der Waals surface area contributed by atoms with Crippen molar-refractivity contribution in [3.05, 3.63) is 52.2 Å². The van der Waals surface area contributed by atoms with Crippen LogP contribution in [0.5, 0.6) is 5.75 Å². The van der Waals surface area contributed by atoms with Gasteiger partial charge in [-0.25, -0.2) is 4.99 Å².